The van der Waals surface area contributed by atoms with Gasteiger partial charge in [0.2, 0.25) is 0 Å². The SMILES string of the molecule is CC1(C)C[C@@H]2C[C@](C)(CN2C([O-])=C2C=CC=CC2=NS(=O)(=O)c2ccc(Br)cc2)C1. The molecule has 160 valence electrons. The average molecular weight is 490 g/mol. The Morgan fingerprint density at radius 3 is 2.50 bits per heavy atom. The fraction of sp³-hybridized carbons (Fsp3) is 0.435. The lowest BCUT2D eigenvalue weighted by Crippen LogP contribution is -2.38. The lowest BCUT2D eigenvalue weighted by atomic mass is 9.65. The van der Waals surface area contributed by atoms with Crippen molar-refractivity contribution in [1.82, 2.24) is 4.90 Å². The molecule has 5 nitrogen and oxygen atoms in total. The van der Waals surface area contributed by atoms with Crippen molar-refractivity contribution in [3.05, 3.63) is 64.5 Å². The molecule has 0 spiro atoms. The summed E-state index contributed by atoms with van der Waals surface area (Å²) in [6.45, 7) is 7.48. The summed E-state index contributed by atoms with van der Waals surface area (Å²) in [5, 5.41) is 13.5. The number of fused-ring (bicyclic) bond motifs is 2. The van der Waals surface area contributed by atoms with Crippen molar-refractivity contribution in [2.75, 3.05) is 6.54 Å². The molecule has 0 amide bonds. The van der Waals surface area contributed by atoms with Gasteiger partial charge in [0.25, 0.3) is 10.0 Å². The van der Waals surface area contributed by atoms with Crippen LogP contribution in [-0.4, -0.2) is 31.6 Å². The number of halogens is 1. The monoisotopic (exact) mass is 489 g/mol. The minimum atomic E-state index is -3.92. The normalized spacial score (nSPS) is 30.7. The molecule has 1 aromatic carbocycles. The minimum Gasteiger partial charge on any atom is -0.860 e. The Kier molecular flexibility index (Phi) is 5.26. The number of likely N-dealkylation sites (tertiary alicyclic amines) is 1. The van der Waals surface area contributed by atoms with E-state index in [9.17, 15) is 13.5 Å². The van der Waals surface area contributed by atoms with Crippen LogP contribution in [0.1, 0.15) is 40.0 Å². The van der Waals surface area contributed by atoms with E-state index in [1.54, 1.807) is 36.4 Å². The second kappa shape index (κ2) is 7.38. The third kappa shape index (κ3) is 4.14. The van der Waals surface area contributed by atoms with Gasteiger partial charge in [-0.1, -0.05) is 54.9 Å². The molecule has 4 rings (SSSR count). The van der Waals surface area contributed by atoms with Crippen molar-refractivity contribution >= 4 is 31.7 Å². The average Bonchev–Trinajstić information content (AvgIpc) is 2.90. The van der Waals surface area contributed by atoms with Crippen LogP contribution in [0.5, 0.6) is 0 Å². The number of hydrogen-bond donors (Lipinski definition) is 0. The van der Waals surface area contributed by atoms with Gasteiger partial charge in [-0.25, -0.2) is 0 Å². The quantitative estimate of drug-likeness (QED) is 0.596. The lowest BCUT2D eigenvalue weighted by molar-refractivity contribution is -0.335. The fourth-order valence-electron chi connectivity index (χ4n) is 5.37. The first-order valence-corrected chi connectivity index (χ1v) is 12.4. The van der Waals surface area contributed by atoms with Crippen LogP contribution in [0.15, 0.2) is 73.8 Å². The third-order valence-electron chi connectivity index (χ3n) is 6.14. The number of benzene rings is 1. The summed E-state index contributed by atoms with van der Waals surface area (Å²) in [7, 11) is -3.92. The number of sulfonamides is 1. The smallest absolute Gasteiger partial charge is 0.282 e. The maximum absolute atomic E-state index is 13.5. The summed E-state index contributed by atoms with van der Waals surface area (Å²) >= 11 is 3.31. The maximum Gasteiger partial charge on any atom is 0.282 e. The first-order valence-electron chi connectivity index (χ1n) is 10.1. The molecule has 2 aliphatic carbocycles. The van der Waals surface area contributed by atoms with Gasteiger partial charge in [-0.2, -0.15) is 12.8 Å². The zero-order valence-electron chi connectivity index (χ0n) is 17.4. The maximum atomic E-state index is 13.5. The van der Waals surface area contributed by atoms with Gasteiger partial charge in [0, 0.05) is 22.6 Å². The van der Waals surface area contributed by atoms with Gasteiger partial charge in [0.05, 0.1) is 10.6 Å². The highest BCUT2D eigenvalue weighted by Gasteiger charge is 2.49. The van der Waals surface area contributed by atoms with Crippen LogP contribution >= 0.6 is 15.9 Å². The molecular weight excluding hydrogens is 464 g/mol. The van der Waals surface area contributed by atoms with Crippen LogP contribution in [0.2, 0.25) is 0 Å². The molecule has 1 saturated carbocycles. The minimum absolute atomic E-state index is 0.0965. The van der Waals surface area contributed by atoms with E-state index in [0.717, 1.165) is 23.7 Å². The molecule has 1 heterocycles. The molecule has 2 bridgehead atoms. The molecule has 2 atom stereocenters. The number of hydrogen-bond acceptors (Lipinski definition) is 4. The van der Waals surface area contributed by atoms with Gasteiger partial charge < -0.3 is 10.0 Å². The zero-order chi connectivity index (χ0) is 21.7. The predicted molar refractivity (Wildman–Crippen MR) is 120 cm³/mol. The number of allylic oxidation sites excluding steroid dienone is 5. The Hall–Kier alpha value is -1.86. The summed E-state index contributed by atoms with van der Waals surface area (Å²) in [6.07, 6.45) is 9.78. The molecule has 7 heteroatoms. The van der Waals surface area contributed by atoms with E-state index >= 15 is 0 Å². The highest BCUT2D eigenvalue weighted by Crippen LogP contribution is 2.53. The first-order chi connectivity index (χ1) is 14.0. The van der Waals surface area contributed by atoms with E-state index < -0.39 is 10.0 Å². The van der Waals surface area contributed by atoms with Crippen molar-refractivity contribution < 1.29 is 13.5 Å². The second-order valence-corrected chi connectivity index (χ2v) is 12.2. The van der Waals surface area contributed by atoms with Crippen molar-refractivity contribution in [1.29, 1.82) is 0 Å². The molecule has 0 aromatic heterocycles. The Bertz CT molecular complexity index is 1080. The standard InChI is InChI=1S/C23H27BrN2O3S/c1-22(2)12-17-13-23(3,14-22)15-26(17)21(27)19-6-4-5-7-20(19)25-30(28,29)18-10-8-16(24)9-11-18/h4-11,17,27H,12-15H2,1-3H3/p-1/t17-,23+/m1/s1. The molecule has 1 aliphatic heterocycles. The predicted octanol–water partition coefficient (Wildman–Crippen LogP) is 4.18. The van der Waals surface area contributed by atoms with Gasteiger partial charge in [-0.3, -0.25) is 0 Å². The van der Waals surface area contributed by atoms with E-state index in [0.29, 0.717) is 12.1 Å². The van der Waals surface area contributed by atoms with Gasteiger partial charge in [0.1, 0.15) is 0 Å². The van der Waals surface area contributed by atoms with Gasteiger partial charge >= 0.3 is 0 Å². The molecular formula is C23H26BrN2O3S-. The van der Waals surface area contributed by atoms with Crippen LogP contribution in [0, 0.1) is 10.8 Å². The van der Waals surface area contributed by atoms with Gasteiger partial charge in [-0.15, -0.1) is 0 Å². The topological polar surface area (TPSA) is 72.8 Å². The third-order valence-corrected chi connectivity index (χ3v) is 7.97. The highest BCUT2D eigenvalue weighted by molar-refractivity contribution is 9.10. The van der Waals surface area contributed by atoms with Crippen molar-refractivity contribution in [3.8, 4) is 0 Å². The molecule has 0 unspecified atom stereocenters. The Labute approximate surface area is 187 Å². The van der Waals surface area contributed by atoms with Gasteiger partial charge in [-0.05, 0) is 66.3 Å². The van der Waals surface area contributed by atoms with E-state index in [-0.39, 0.29) is 33.4 Å². The van der Waals surface area contributed by atoms with Crippen LogP contribution in [-0.2, 0) is 10.0 Å². The molecule has 0 radical (unpaired) electrons. The molecule has 2 fully saturated rings. The Morgan fingerprint density at radius 2 is 1.80 bits per heavy atom. The lowest BCUT2D eigenvalue weighted by Gasteiger charge is -2.40. The molecule has 1 saturated heterocycles. The first kappa shape index (κ1) is 21.4. The van der Waals surface area contributed by atoms with Crippen molar-refractivity contribution in [2.45, 2.75) is 51.0 Å². The Morgan fingerprint density at radius 1 is 1.13 bits per heavy atom. The highest BCUT2D eigenvalue weighted by atomic mass is 79.9. The summed E-state index contributed by atoms with van der Waals surface area (Å²) < 4.78 is 30.5. The number of rotatable bonds is 3. The van der Waals surface area contributed by atoms with Crippen LogP contribution in [0.4, 0.5) is 0 Å². The summed E-state index contributed by atoms with van der Waals surface area (Å²) in [4.78, 5) is 2.04. The van der Waals surface area contributed by atoms with Gasteiger partial charge in [0.15, 0.2) is 0 Å². The van der Waals surface area contributed by atoms with E-state index in [1.807, 2.05) is 4.90 Å². The van der Waals surface area contributed by atoms with E-state index in [1.165, 1.54) is 12.1 Å². The molecule has 1 aromatic rings. The Balaban J connectivity index is 1.71. The zero-order valence-corrected chi connectivity index (χ0v) is 19.8. The number of nitrogens with zero attached hydrogens (tertiary/aromatic N) is 2. The molecule has 3 aliphatic rings. The molecule has 30 heavy (non-hydrogen) atoms. The van der Waals surface area contributed by atoms with Crippen LogP contribution in [0.3, 0.4) is 0 Å². The van der Waals surface area contributed by atoms with Crippen LogP contribution in [0.25, 0.3) is 0 Å². The molecule has 0 N–H and O–H groups in total. The van der Waals surface area contributed by atoms with Crippen molar-refractivity contribution in [2.24, 2.45) is 15.2 Å². The summed E-state index contributed by atoms with van der Waals surface area (Å²) in [5.74, 6) is -0.133. The summed E-state index contributed by atoms with van der Waals surface area (Å²) in [6, 6.07) is 6.50. The van der Waals surface area contributed by atoms with Crippen LogP contribution < -0.4 is 5.11 Å². The summed E-state index contributed by atoms with van der Waals surface area (Å²) in [5.41, 5.74) is 0.836. The van der Waals surface area contributed by atoms with Crippen molar-refractivity contribution in [3.63, 3.8) is 0 Å². The van der Waals surface area contributed by atoms with E-state index in [2.05, 4.69) is 41.1 Å². The largest absolute Gasteiger partial charge is 0.860 e. The second-order valence-electron chi connectivity index (χ2n) is 9.68. The van der Waals surface area contributed by atoms with E-state index in [4.69, 9.17) is 0 Å². The fourth-order valence-corrected chi connectivity index (χ4v) is 6.64.